The number of rotatable bonds is 17. The molecular weight excluding hydrogens is 524 g/mol. The normalized spacial score (nSPS) is 15.2. The number of thioether (sulfide) groups is 1. The fourth-order valence-electron chi connectivity index (χ4n) is 2.94. The molecule has 12 heteroatoms. The topological polar surface area (TPSA) is 137 Å². The van der Waals surface area contributed by atoms with Gasteiger partial charge in [-0.2, -0.15) is 11.8 Å². The largest absolute Gasteiger partial charge is 0.511 e. The van der Waals surface area contributed by atoms with Crippen LogP contribution in [0.3, 0.4) is 0 Å². The average Bonchev–Trinajstić information content (AvgIpc) is 2.83. The Morgan fingerprint density at radius 2 is 1.75 bits per heavy atom. The number of nitrogens with one attached hydrogen (secondary N) is 1. The number of carbonyl (C=O) groups is 3. The van der Waals surface area contributed by atoms with Crippen molar-refractivity contribution in [2.45, 2.75) is 58.1 Å². The van der Waals surface area contributed by atoms with E-state index in [0.717, 1.165) is 23.5 Å². The molecule has 0 aliphatic rings. The first-order valence-corrected chi connectivity index (χ1v) is 15.6. The van der Waals surface area contributed by atoms with Gasteiger partial charge in [-0.3, -0.25) is 4.79 Å². The third kappa shape index (κ3) is 13.6. The molecule has 0 aliphatic heterocycles. The van der Waals surface area contributed by atoms with Crippen molar-refractivity contribution in [3.05, 3.63) is 35.9 Å². The number of nitrogens with two attached hydrogens (primary N) is 1. The summed E-state index contributed by atoms with van der Waals surface area (Å²) < 4.78 is 14.6. The van der Waals surface area contributed by atoms with Gasteiger partial charge in [-0.15, -0.1) is 0 Å². The third-order valence-electron chi connectivity index (χ3n) is 4.86. The van der Waals surface area contributed by atoms with Gasteiger partial charge in [0, 0.05) is 24.5 Å². The van der Waals surface area contributed by atoms with E-state index in [1.165, 1.54) is 13.8 Å². The number of aliphatic hydroxyl groups excluding tert-OH is 1. The zero-order valence-corrected chi connectivity index (χ0v) is 23.7. The van der Waals surface area contributed by atoms with E-state index >= 15 is 0 Å². The summed E-state index contributed by atoms with van der Waals surface area (Å²) in [4.78, 5) is 37.2. The van der Waals surface area contributed by atoms with Crippen LogP contribution in [-0.4, -0.2) is 77.7 Å². The molecule has 0 radical (unpaired) electrons. The second-order valence-corrected chi connectivity index (χ2v) is 11.6. The van der Waals surface area contributed by atoms with Gasteiger partial charge >= 0.3 is 12.1 Å². The molecule has 1 aromatic rings. The quantitative estimate of drug-likeness (QED) is 0.112. The Morgan fingerprint density at radius 3 is 2.36 bits per heavy atom. The summed E-state index contributed by atoms with van der Waals surface area (Å²) in [6.07, 6.45) is -0.0311. The van der Waals surface area contributed by atoms with E-state index in [-0.39, 0.29) is 18.6 Å². The molecule has 4 N–H and O–H groups in total. The lowest BCUT2D eigenvalue weighted by Crippen LogP contribution is -2.51. The maximum absolute atomic E-state index is 13.2. The molecule has 0 aromatic heterocycles. The molecule has 0 heterocycles. The number of carbonyl (C=O) groups excluding carboxylic acids is 3. The van der Waals surface area contributed by atoms with Crippen molar-refractivity contribution < 1.29 is 33.7 Å². The van der Waals surface area contributed by atoms with Crippen molar-refractivity contribution in [2.24, 2.45) is 11.7 Å². The first kappa shape index (κ1) is 32.4. The number of aliphatic hydroxyl groups is 1. The highest BCUT2D eigenvalue weighted by atomic mass is 33.1. The zero-order valence-electron chi connectivity index (χ0n) is 21.2. The average molecular weight is 563 g/mol. The summed E-state index contributed by atoms with van der Waals surface area (Å²) >= 11 is 1.76. The van der Waals surface area contributed by atoms with Gasteiger partial charge < -0.3 is 30.4 Å². The van der Waals surface area contributed by atoms with E-state index in [4.69, 9.17) is 15.2 Å². The Balaban J connectivity index is 2.78. The summed E-state index contributed by atoms with van der Waals surface area (Å²) in [7, 11) is 3.17. The number of hydrogen-bond donors (Lipinski definition) is 3. The van der Waals surface area contributed by atoms with Crippen molar-refractivity contribution in [2.75, 3.05) is 30.1 Å². The Kier molecular flexibility index (Phi) is 16.8. The van der Waals surface area contributed by atoms with E-state index in [1.54, 1.807) is 40.3 Å². The Labute approximate surface area is 225 Å². The summed E-state index contributed by atoms with van der Waals surface area (Å²) in [6, 6.07) is 8.33. The van der Waals surface area contributed by atoms with Crippen LogP contribution in [0.15, 0.2) is 30.3 Å². The lowest BCUT2D eigenvalue weighted by atomic mass is 9.99. The van der Waals surface area contributed by atoms with E-state index in [9.17, 15) is 19.5 Å². The third-order valence-corrected chi connectivity index (χ3v) is 8.09. The summed E-state index contributed by atoms with van der Waals surface area (Å²) in [5.41, 5.74) is 7.11. The van der Waals surface area contributed by atoms with Gasteiger partial charge in [-0.25, -0.2) is 9.59 Å². The van der Waals surface area contributed by atoms with Crippen LogP contribution in [0, 0.1) is 5.92 Å². The van der Waals surface area contributed by atoms with Crippen LogP contribution in [0.25, 0.3) is 0 Å². The van der Waals surface area contributed by atoms with Crippen LogP contribution in [0.2, 0.25) is 0 Å². The maximum Gasteiger partial charge on any atom is 0.511 e. The van der Waals surface area contributed by atoms with Crippen molar-refractivity contribution in [1.82, 2.24) is 5.32 Å². The Morgan fingerprint density at radius 1 is 1.08 bits per heavy atom. The fourth-order valence-corrected chi connectivity index (χ4v) is 6.04. The maximum atomic E-state index is 13.2. The number of hydrogen-bond acceptors (Lipinski definition) is 11. The first-order valence-electron chi connectivity index (χ1n) is 11.7. The smallest absolute Gasteiger partial charge is 0.435 e. The van der Waals surface area contributed by atoms with Gasteiger partial charge in [-0.1, -0.05) is 51.9 Å². The second kappa shape index (κ2) is 18.6. The highest BCUT2D eigenvalue weighted by Crippen LogP contribution is 2.27. The van der Waals surface area contributed by atoms with Crippen molar-refractivity contribution in [1.29, 1.82) is 0 Å². The summed E-state index contributed by atoms with van der Waals surface area (Å²) in [5.74, 6) is 0.493. The van der Waals surface area contributed by atoms with Crippen LogP contribution < -0.4 is 11.1 Å². The summed E-state index contributed by atoms with van der Waals surface area (Å²) in [5, 5.41) is 12.8. The standard InChI is InChI=1S/C24H38N2O7S3/c1-5-31-24(30)33-17(3)32-23(29)21(16(2)27)26-22(28)19(13-18-9-7-6-8-10-18)14-35-36-15-20(25)11-12-34-4/h6-10,16-17,19-21,27H,5,11-15,25H2,1-4H3,(H,26,28). The van der Waals surface area contributed by atoms with E-state index in [0.29, 0.717) is 12.2 Å². The van der Waals surface area contributed by atoms with Crippen LogP contribution in [0.4, 0.5) is 4.79 Å². The summed E-state index contributed by atoms with van der Waals surface area (Å²) in [6.45, 7) is 4.43. The van der Waals surface area contributed by atoms with Gasteiger partial charge in [0.1, 0.15) is 0 Å². The molecule has 1 aromatic carbocycles. The van der Waals surface area contributed by atoms with Gasteiger partial charge in [0.2, 0.25) is 12.2 Å². The van der Waals surface area contributed by atoms with Gasteiger partial charge in [0.05, 0.1) is 18.6 Å². The van der Waals surface area contributed by atoms with E-state index in [1.807, 2.05) is 36.6 Å². The molecule has 5 atom stereocenters. The zero-order chi connectivity index (χ0) is 26.9. The lowest BCUT2D eigenvalue weighted by Gasteiger charge is -2.24. The molecule has 0 aliphatic carbocycles. The van der Waals surface area contributed by atoms with E-state index < -0.39 is 36.5 Å². The van der Waals surface area contributed by atoms with Crippen molar-refractivity contribution in [3.8, 4) is 0 Å². The van der Waals surface area contributed by atoms with Crippen molar-refractivity contribution in [3.63, 3.8) is 0 Å². The predicted octanol–water partition coefficient (Wildman–Crippen LogP) is 3.24. The minimum atomic E-state index is -1.33. The van der Waals surface area contributed by atoms with Gasteiger partial charge in [-0.05, 0) is 44.3 Å². The van der Waals surface area contributed by atoms with Crippen LogP contribution in [0.5, 0.6) is 0 Å². The van der Waals surface area contributed by atoms with Gasteiger partial charge in [0.25, 0.3) is 0 Å². The first-order chi connectivity index (χ1) is 17.2. The van der Waals surface area contributed by atoms with E-state index in [2.05, 4.69) is 10.1 Å². The molecule has 0 spiro atoms. The molecule has 204 valence electrons. The monoisotopic (exact) mass is 562 g/mol. The lowest BCUT2D eigenvalue weighted by molar-refractivity contribution is -0.173. The molecule has 36 heavy (non-hydrogen) atoms. The number of esters is 1. The second-order valence-electron chi connectivity index (χ2n) is 8.03. The molecule has 1 rings (SSSR count). The minimum absolute atomic E-state index is 0.0876. The molecule has 0 saturated carbocycles. The molecule has 1 amide bonds. The van der Waals surface area contributed by atoms with Crippen LogP contribution in [0.1, 0.15) is 32.8 Å². The van der Waals surface area contributed by atoms with Gasteiger partial charge in [0.15, 0.2) is 6.04 Å². The van der Waals surface area contributed by atoms with Crippen molar-refractivity contribution >= 4 is 51.4 Å². The predicted molar refractivity (Wildman–Crippen MR) is 147 cm³/mol. The Hall–Kier alpha value is -1.60. The molecular formula is C24H38N2O7S3. The Bertz CT molecular complexity index is 786. The number of benzene rings is 1. The molecule has 0 saturated heterocycles. The number of ether oxygens (including phenoxy) is 3. The highest BCUT2D eigenvalue weighted by Gasteiger charge is 2.32. The molecule has 0 bridgehead atoms. The fraction of sp³-hybridized carbons (Fsp3) is 0.625. The minimum Gasteiger partial charge on any atom is -0.435 e. The number of amides is 1. The molecule has 5 unspecified atom stereocenters. The highest BCUT2D eigenvalue weighted by molar-refractivity contribution is 8.76. The van der Waals surface area contributed by atoms with Crippen LogP contribution in [-0.2, 0) is 30.2 Å². The molecule has 0 fully saturated rings. The SMILES string of the molecule is CCOC(=O)OC(C)OC(=O)C(NC(=O)C(CSSCC(N)CCSC)Cc1ccccc1)C(C)O. The molecule has 9 nitrogen and oxygen atoms in total. The van der Waals surface area contributed by atoms with Crippen LogP contribution >= 0.6 is 33.3 Å².